The van der Waals surface area contributed by atoms with E-state index in [1.165, 1.54) is 12.8 Å². The van der Waals surface area contributed by atoms with Crippen molar-refractivity contribution in [3.63, 3.8) is 0 Å². The molecule has 5 nitrogen and oxygen atoms in total. The molecule has 3 rings (SSSR count). The summed E-state index contributed by atoms with van der Waals surface area (Å²) in [5.74, 6) is 0.365. The van der Waals surface area contributed by atoms with Gasteiger partial charge < -0.3 is 15.0 Å². The molecule has 0 unspecified atom stereocenters. The van der Waals surface area contributed by atoms with E-state index in [2.05, 4.69) is 19.2 Å². The summed E-state index contributed by atoms with van der Waals surface area (Å²) in [6.07, 6.45) is 7.66. The highest BCUT2D eigenvalue weighted by atomic mass is 16.5. The number of benzene rings is 1. The van der Waals surface area contributed by atoms with Gasteiger partial charge in [-0.15, -0.1) is 0 Å². The van der Waals surface area contributed by atoms with Gasteiger partial charge in [0.2, 0.25) is 0 Å². The third kappa shape index (κ3) is 4.37. The van der Waals surface area contributed by atoms with Crippen LogP contribution in [0.25, 0.3) is 0 Å². The fraction of sp³-hybridized carbons (Fsp3) is 0.619. The van der Waals surface area contributed by atoms with Gasteiger partial charge in [0.05, 0.1) is 5.56 Å². The standard InChI is InChI=1S/C21H30N2O3/c1-15-8-7-9-16(2)23(15)20(24)14-26-19-13-6-5-12-18(19)21(25)22-17-10-3-4-11-17/h5-6,12-13,15-17H,3-4,7-11,14H2,1-2H3,(H,22,25)/t15-,16-/m1/s1. The van der Waals surface area contributed by atoms with Crippen LogP contribution in [0.5, 0.6) is 5.75 Å². The molecule has 1 aliphatic heterocycles. The van der Waals surface area contributed by atoms with Crippen LogP contribution >= 0.6 is 0 Å². The van der Waals surface area contributed by atoms with Crippen molar-refractivity contribution in [2.45, 2.75) is 76.9 Å². The number of nitrogens with one attached hydrogen (secondary N) is 1. The number of amides is 2. The maximum absolute atomic E-state index is 12.7. The molecule has 2 aliphatic rings. The Hall–Kier alpha value is -2.04. The summed E-state index contributed by atoms with van der Waals surface area (Å²) in [5, 5.41) is 3.09. The normalized spacial score (nSPS) is 23.7. The van der Waals surface area contributed by atoms with Gasteiger partial charge >= 0.3 is 0 Å². The van der Waals surface area contributed by atoms with Crippen LogP contribution in [0.15, 0.2) is 24.3 Å². The Morgan fingerprint density at radius 2 is 1.69 bits per heavy atom. The molecule has 1 N–H and O–H groups in total. The van der Waals surface area contributed by atoms with Crippen molar-refractivity contribution in [1.29, 1.82) is 0 Å². The Balaban J connectivity index is 1.62. The van der Waals surface area contributed by atoms with Gasteiger partial charge in [-0.1, -0.05) is 25.0 Å². The molecular formula is C21H30N2O3. The Bertz CT molecular complexity index is 630. The van der Waals surface area contributed by atoms with E-state index >= 15 is 0 Å². The summed E-state index contributed by atoms with van der Waals surface area (Å²) in [6, 6.07) is 7.93. The monoisotopic (exact) mass is 358 g/mol. The van der Waals surface area contributed by atoms with Crippen molar-refractivity contribution in [2.75, 3.05) is 6.61 Å². The lowest BCUT2D eigenvalue weighted by Gasteiger charge is -2.39. The molecular weight excluding hydrogens is 328 g/mol. The van der Waals surface area contributed by atoms with E-state index in [1.807, 2.05) is 17.0 Å². The van der Waals surface area contributed by atoms with E-state index in [9.17, 15) is 9.59 Å². The zero-order chi connectivity index (χ0) is 18.5. The number of carbonyl (C=O) groups excluding carboxylic acids is 2. The van der Waals surface area contributed by atoms with Gasteiger partial charge in [0.25, 0.3) is 11.8 Å². The van der Waals surface area contributed by atoms with Gasteiger partial charge in [-0.05, 0) is 58.1 Å². The third-order valence-corrected chi connectivity index (χ3v) is 5.65. The van der Waals surface area contributed by atoms with Crippen molar-refractivity contribution in [3.8, 4) is 5.75 Å². The van der Waals surface area contributed by atoms with Crippen LogP contribution in [0.2, 0.25) is 0 Å². The van der Waals surface area contributed by atoms with Gasteiger partial charge in [-0.3, -0.25) is 9.59 Å². The summed E-state index contributed by atoms with van der Waals surface area (Å²) >= 11 is 0. The summed E-state index contributed by atoms with van der Waals surface area (Å²) in [4.78, 5) is 27.2. The summed E-state index contributed by atoms with van der Waals surface area (Å²) < 4.78 is 5.78. The predicted molar refractivity (Wildman–Crippen MR) is 101 cm³/mol. The maximum atomic E-state index is 12.7. The van der Waals surface area contributed by atoms with E-state index in [0.717, 1.165) is 32.1 Å². The Morgan fingerprint density at radius 3 is 2.38 bits per heavy atom. The molecule has 2 amide bonds. The van der Waals surface area contributed by atoms with E-state index in [4.69, 9.17) is 4.74 Å². The molecule has 5 heteroatoms. The second-order valence-corrected chi connectivity index (χ2v) is 7.67. The minimum absolute atomic E-state index is 0.00398. The van der Waals surface area contributed by atoms with Crippen LogP contribution in [0.1, 0.15) is 69.2 Å². The summed E-state index contributed by atoms with van der Waals surface area (Å²) in [7, 11) is 0. The fourth-order valence-electron chi connectivity index (χ4n) is 4.24. The van der Waals surface area contributed by atoms with E-state index in [1.54, 1.807) is 12.1 Å². The van der Waals surface area contributed by atoms with Gasteiger partial charge in [-0.25, -0.2) is 0 Å². The van der Waals surface area contributed by atoms with Crippen molar-refractivity contribution in [3.05, 3.63) is 29.8 Å². The first-order valence-electron chi connectivity index (χ1n) is 9.90. The molecule has 142 valence electrons. The number of hydrogen-bond acceptors (Lipinski definition) is 3. The minimum Gasteiger partial charge on any atom is -0.483 e. The Labute approximate surface area is 156 Å². The quantitative estimate of drug-likeness (QED) is 0.876. The molecule has 1 saturated heterocycles. The highest BCUT2D eigenvalue weighted by molar-refractivity contribution is 5.97. The van der Waals surface area contributed by atoms with Gasteiger partial charge in [0.1, 0.15) is 5.75 Å². The lowest BCUT2D eigenvalue weighted by Crippen LogP contribution is -2.49. The Kier molecular flexibility index (Phi) is 6.17. The van der Waals surface area contributed by atoms with E-state index in [0.29, 0.717) is 11.3 Å². The maximum Gasteiger partial charge on any atom is 0.260 e. The number of carbonyl (C=O) groups is 2. The molecule has 0 bridgehead atoms. The molecule has 0 spiro atoms. The topological polar surface area (TPSA) is 58.6 Å². The zero-order valence-corrected chi connectivity index (χ0v) is 15.9. The first kappa shape index (κ1) is 18.7. The molecule has 1 heterocycles. The van der Waals surface area contributed by atoms with Crippen LogP contribution in [-0.2, 0) is 4.79 Å². The average Bonchev–Trinajstić information content (AvgIpc) is 3.13. The van der Waals surface area contributed by atoms with Crippen LogP contribution in [0, 0.1) is 0 Å². The molecule has 1 aliphatic carbocycles. The largest absolute Gasteiger partial charge is 0.483 e. The molecule has 0 radical (unpaired) electrons. The smallest absolute Gasteiger partial charge is 0.260 e. The van der Waals surface area contributed by atoms with Crippen molar-refractivity contribution >= 4 is 11.8 Å². The van der Waals surface area contributed by atoms with Gasteiger partial charge in [0, 0.05) is 18.1 Å². The van der Waals surface area contributed by atoms with Crippen molar-refractivity contribution < 1.29 is 14.3 Å². The number of rotatable bonds is 5. The molecule has 0 aromatic heterocycles. The summed E-state index contributed by atoms with van der Waals surface area (Å²) in [5.41, 5.74) is 0.506. The van der Waals surface area contributed by atoms with Crippen LogP contribution in [-0.4, -0.2) is 41.4 Å². The lowest BCUT2D eigenvalue weighted by molar-refractivity contribution is -0.139. The molecule has 2 fully saturated rings. The molecule has 1 aromatic rings. The molecule has 26 heavy (non-hydrogen) atoms. The number of ether oxygens (including phenoxy) is 1. The van der Waals surface area contributed by atoms with Crippen molar-refractivity contribution in [1.82, 2.24) is 10.2 Å². The second-order valence-electron chi connectivity index (χ2n) is 7.67. The Morgan fingerprint density at radius 1 is 1.04 bits per heavy atom. The van der Waals surface area contributed by atoms with Crippen LogP contribution < -0.4 is 10.1 Å². The highest BCUT2D eigenvalue weighted by Gasteiger charge is 2.29. The number of hydrogen-bond donors (Lipinski definition) is 1. The zero-order valence-electron chi connectivity index (χ0n) is 15.9. The molecule has 2 atom stereocenters. The third-order valence-electron chi connectivity index (χ3n) is 5.65. The average molecular weight is 358 g/mol. The predicted octanol–water partition coefficient (Wildman–Crippen LogP) is 3.53. The first-order chi connectivity index (χ1) is 12.6. The van der Waals surface area contributed by atoms with E-state index < -0.39 is 0 Å². The van der Waals surface area contributed by atoms with Crippen LogP contribution in [0.3, 0.4) is 0 Å². The fourth-order valence-corrected chi connectivity index (χ4v) is 4.24. The molecule has 1 aromatic carbocycles. The SMILES string of the molecule is C[C@@H]1CCC[C@@H](C)N1C(=O)COc1ccccc1C(=O)NC1CCCC1. The molecule has 1 saturated carbocycles. The summed E-state index contributed by atoms with van der Waals surface area (Å²) in [6.45, 7) is 4.16. The number of nitrogens with zero attached hydrogens (tertiary/aromatic N) is 1. The van der Waals surface area contributed by atoms with E-state index in [-0.39, 0.29) is 36.5 Å². The van der Waals surface area contributed by atoms with Gasteiger partial charge in [0.15, 0.2) is 6.61 Å². The lowest BCUT2D eigenvalue weighted by atomic mass is 9.97. The minimum atomic E-state index is -0.111. The number of piperidine rings is 1. The second kappa shape index (κ2) is 8.56. The van der Waals surface area contributed by atoms with Crippen molar-refractivity contribution in [2.24, 2.45) is 0 Å². The first-order valence-corrected chi connectivity index (χ1v) is 9.90. The van der Waals surface area contributed by atoms with Crippen LogP contribution in [0.4, 0.5) is 0 Å². The highest BCUT2D eigenvalue weighted by Crippen LogP contribution is 2.24. The number of likely N-dealkylation sites (tertiary alicyclic amines) is 1. The number of para-hydroxylation sites is 1. The van der Waals surface area contributed by atoms with Gasteiger partial charge in [-0.2, -0.15) is 0 Å².